The summed E-state index contributed by atoms with van der Waals surface area (Å²) in [6.07, 6.45) is 6.06. The number of likely N-dealkylation sites (tertiary alicyclic amines) is 1. The number of nitrogens with zero attached hydrogens (tertiary/aromatic N) is 4. The highest BCUT2D eigenvalue weighted by Gasteiger charge is 2.33. The number of alkyl halides is 3. The number of anilines is 1. The molecule has 0 amide bonds. The first-order valence-corrected chi connectivity index (χ1v) is 14.4. The van der Waals surface area contributed by atoms with Crippen molar-refractivity contribution in [3.05, 3.63) is 47.9 Å². The fraction of sp³-hybridized carbons (Fsp3) is 0.500. The SMILES string of the molecule is CN1CC[C@H](Nc2cccn3c(SC(F)(F)F)c(C#CCN)cc23)[C@@H](CCOCCOCCn2cc(C(=O)O)cn2)C1. The van der Waals surface area contributed by atoms with Crippen molar-refractivity contribution >= 4 is 28.9 Å². The summed E-state index contributed by atoms with van der Waals surface area (Å²) in [5.41, 5.74) is 2.84. The Labute approximate surface area is 246 Å². The minimum atomic E-state index is -4.45. The van der Waals surface area contributed by atoms with Crippen molar-refractivity contribution < 1.29 is 32.5 Å². The number of aromatic nitrogens is 3. The average Bonchev–Trinajstić information content (AvgIpc) is 3.55. The normalized spacial score (nSPS) is 17.7. The predicted octanol–water partition coefficient (Wildman–Crippen LogP) is 3.61. The molecule has 0 saturated carbocycles. The maximum atomic E-state index is 13.4. The fourth-order valence-corrected chi connectivity index (χ4v) is 5.65. The summed E-state index contributed by atoms with van der Waals surface area (Å²) in [4.78, 5) is 13.2. The van der Waals surface area contributed by atoms with Gasteiger partial charge < -0.3 is 34.9 Å². The second-order valence-corrected chi connectivity index (χ2v) is 11.0. The topological polar surface area (TPSA) is 119 Å². The largest absolute Gasteiger partial charge is 0.478 e. The molecule has 228 valence electrons. The number of rotatable bonds is 13. The average molecular weight is 609 g/mol. The molecule has 0 bridgehead atoms. The fourth-order valence-electron chi connectivity index (χ4n) is 4.95. The number of nitrogens with two attached hydrogens (primary N) is 1. The van der Waals surface area contributed by atoms with Crippen molar-refractivity contribution in [2.24, 2.45) is 11.7 Å². The number of aromatic carboxylic acids is 1. The summed E-state index contributed by atoms with van der Waals surface area (Å²) < 4.78 is 54.5. The van der Waals surface area contributed by atoms with E-state index in [9.17, 15) is 18.0 Å². The summed E-state index contributed by atoms with van der Waals surface area (Å²) >= 11 is -0.176. The standard InChI is InChI=1S/C28H35F3N6O4S/c1-35-10-6-23(21(18-35)7-12-40-14-15-41-13-11-36-19-22(17-33-36)27(38)39)34-24-5-3-9-37-25(24)16-20(4-2-8-32)26(37)42-28(29,30)31/h3,5,9,16-17,19,21,23,34H,6-8,10-15,18,32H2,1H3,(H,38,39)/t21-,23-/m0/s1. The van der Waals surface area contributed by atoms with Crippen LogP contribution in [0.2, 0.25) is 0 Å². The minimum Gasteiger partial charge on any atom is -0.478 e. The van der Waals surface area contributed by atoms with Gasteiger partial charge in [-0.05, 0) is 50.6 Å². The van der Waals surface area contributed by atoms with Gasteiger partial charge in [-0.2, -0.15) is 18.3 Å². The molecular formula is C28H35F3N6O4S. The first-order valence-electron chi connectivity index (χ1n) is 13.6. The molecule has 14 heteroatoms. The third kappa shape index (κ3) is 8.89. The number of hydrogen-bond acceptors (Lipinski definition) is 8. The summed E-state index contributed by atoms with van der Waals surface area (Å²) in [6, 6.07) is 5.42. The van der Waals surface area contributed by atoms with Gasteiger partial charge >= 0.3 is 11.5 Å². The molecule has 0 aromatic carbocycles. The highest BCUT2D eigenvalue weighted by molar-refractivity contribution is 8.00. The van der Waals surface area contributed by atoms with E-state index in [2.05, 4.69) is 34.2 Å². The van der Waals surface area contributed by atoms with Gasteiger partial charge in [-0.3, -0.25) is 4.68 Å². The van der Waals surface area contributed by atoms with Crippen molar-refractivity contribution in [1.29, 1.82) is 0 Å². The quantitative estimate of drug-likeness (QED) is 0.152. The van der Waals surface area contributed by atoms with Gasteiger partial charge in [-0.1, -0.05) is 11.8 Å². The predicted molar refractivity (Wildman–Crippen MR) is 154 cm³/mol. The number of fused-ring (bicyclic) bond motifs is 1. The number of carboxylic acid groups (broad SMARTS) is 1. The van der Waals surface area contributed by atoms with Gasteiger partial charge in [-0.25, -0.2) is 4.79 Å². The molecule has 3 aromatic heterocycles. The van der Waals surface area contributed by atoms with Crippen LogP contribution in [-0.2, 0) is 16.0 Å². The number of piperidine rings is 1. The lowest BCUT2D eigenvalue weighted by Gasteiger charge is -2.38. The molecule has 4 heterocycles. The first-order chi connectivity index (χ1) is 20.1. The molecule has 1 fully saturated rings. The molecule has 4 rings (SSSR count). The van der Waals surface area contributed by atoms with Gasteiger partial charge in [0.1, 0.15) is 5.03 Å². The van der Waals surface area contributed by atoms with E-state index < -0.39 is 11.5 Å². The second kappa shape index (κ2) is 14.8. The Morgan fingerprint density at radius 1 is 1.29 bits per heavy atom. The zero-order valence-electron chi connectivity index (χ0n) is 23.3. The Bertz CT molecular complexity index is 1400. The van der Waals surface area contributed by atoms with E-state index in [1.165, 1.54) is 21.5 Å². The Balaban J connectivity index is 1.31. The molecule has 1 saturated heterocycles. The summed E-state index contributed by atoms with van der Waals surface area (Å²) in [7, 11) is 2.08. The number of thioether (sulfide) groups is 1. The first kappa shape index (κ1) is 31.7. The van der Waals surface area contributed by atoms with Crippen LogP contribution in [-0.4, -0.2) is 94.8 Å². The maximum absolute atomic E-state index is 13.4. The molecule has 42 heavy (non-hydrogen) atoms. The molecule has 1 aliphatic rings. The van der Waals surface area contributed by atoms with E-state index in [-0.39, 0.29) is 40.9 Å². The zero-order chi connectivity index (χ0) is 30.1. The van der Waals surface area contributed by atoms with Crippen LogP contribution in [0.5, 0.6) is 0 Å². The Kier molecular flexibility index (Phi) is 11.2. The number of ether oxygens (including phenoxy) is 2. The van der Waals surface area contributed by atoms with E-state index in [1.807, 2.05) is 6.07 Å². The molecule has 4 N–H and O–H groups in total. The van der Waals surface area contributed by atoms with Crippen LogP contribution in [0.1, 0.15) is 28.8 Å². The number of carbonyl (C=O) groups is 1. The van der Waals surface area contributed by atoms with Crippen molar-refractivity contribution in [3.8, 4) is 11.8 Å². The van der Waals surface area contributed by atoms with E-state index >= 15 is 0 Å². The minimum absolute atomic E-state index is 0.0206. The van der Waals surface area contributed by atoms with Gasteiger partial charge in [0.25, 0.3) is 0 Å². The van der Waals surface area contributed by atoms with Gasteiger partial charge in [0, 0.05) is 43.3 Å². The van der Waals surface area contributed by atoms with Gasteiger partial charge in [0.2, 0.25) is 0 Å². The lowest BCUT2D eigenvalue weighted by Crippen LogP contribution is -2.45. The van der Waals surface area contributed by atoms with Crippen molar-refractivity contribution in [3.63, 3.8) is 0 Å². The van der Waals surface area contributed by atoms with Crippen LogP contribution < -0.4 is 11.1 Å². The number of halogens is 3. The van der Waals surface area contributed by atoms with E-state index in [0.29, 0.717) is 44.1 Å². The van der Waals surface area contributed by atoms with Crippen molar-refractivity contribution in [2.45, 2.75) is 36.0 Å². The number of carboxylic acids is 1. The highest BCUT2D eigenvalue weighted by atomic mass is 32.2. The maximum Gasteiger partial charge on any atom is 0.447 e. The van der Waals surface area contributed by atoms with Gasteiger partial charge in [-0.15, -0.1) is 0 Å². The zero-order valence-corrected chi connectivity index (χ0v) is 24.1. The third-order valence-corrected chi connectivity index (χ3v) is 7.77. The summed E-state index contributed by atoms with van der Waals surface area (Å²) in [5.74, 6) is 4.71. The van der Waals surface area contributed by atoms with Gasteiger partial charge in [0.05, 0.1) is 61.4 Å². The molecule has 3 aromatic rings. The molecule has 0 aliphatic carbocycles. The smallest absolute Gasteiger partial charge is 0.447 e. The molecule has 0 unspecified atom stereocenters. The van der Waals surface area contributed by atoms with Gasteiger partial charge in [0.15, 0.2) is 0 Å². The summed E-state index contributed by atoms with van der Waals surface area (Å²) in [5, 5.41) is 16.6. The number of hydrogen-bond donors (Lipinski definition) is 3. The van der Waals surface area contributed by atoms with E-state index in [4.69, 9.17) is 20.3 Å². The lowest BCUT2D eigenvalue weighted by molar-refractivity contribution is -0.0330. The van der Waals surface area contributed by atoms with Crippen LogP contribution >= 0.6 is 11.8 Å². The third-order valence-electron chi connectivity index (χ3n) is 6.93. The number of nitrogens with one attached hydrogen (secondary N) is 1. The highest BCUT2D eigenvalue weighted by Crippen LogP contribution is 2.41. The van der Waals surface area contributed by atoms with Crippen LogP contribution in [0.15, 0.2) is 41.8 Å². The monoisotopic (exact) mass is 608 g/mol. The summed E-state index contributed by atoms with van der Waals surface area (Å²) in [6.45, 7) is 4.03. The van der Waals surface area contributed by atoms with Crippen molar-refractivity contribution in [2.75, 3.05) is 58.4 Å². The Hall–Kier alpha value is -3.22. The number of pyridine rings is 1. The van der Waals surface area contributed by atoms with Crippen LogP contribution in [0, 0.1) is 17.8 Å². The van der Waals surface area contributed by atoms with Crippen molar-refractivity contribution in [1.82, 2.24) is 19.1 Å². The molecule has 0 spiro atoms. The molecule has 2 atom stereocenters. The molecular weight excluding hydrogens is 573 g/mol. The molecule has 1 aliphatic heterocycles. The molecule has 0 radical (unpaired) electrons. The molecule has 10 nitrogen and oxygen atoms in total. The van der Waals surface area contributed by atoms with Crippen LogP contribution in [0.3, 0.4) is 0 Å². The van der Waals surface area contributed by atoms with Crippen LogP contribution in [0.4, 0.5) is 18.9 Å². The lowest BCUT2D eigenvalue weighted by atomic mass is 9.89. The van der Waals surface area contributed by atoms with Crippen LogP contribution in [0.25, 0.3) is 5.52 Å². The Morgan fingerprint density at radius 3 is 2.79 bits per heavy atom. The second-order valence-electron chi connectivity index (χ2n) is 9.97. The van der Waals surface area contributed by atoms with E-state index in [0.717, 1.165) is 31.6 Å². The van der Waals surface area contributed by atoms with E-state index in [1.54, 1.807) is 18.3 Å². The Morgan fingerprint density at radius 2 is 2.07 bits per heavy atom.